The van der Waals surface area contributed by atoms with Crippen molar-refractivity contribution in [1.29, 1.82) is 0 Å². The lowest BCUT2D eigenvalue weighted by atomic mass is 10.0. The largest absolute Gasteiger partial charge is 0.315 e. The lowest BCUT2D eigenvalue weighted by Gasteiger charge is -2.40. The van der Waals surface area contributed by atoms with Crippen LogP contribution in [-0.2, 0) is 0 Å². The first kappa shape index (κ1) is 8.48. The smallest absolute Gasteiger partial charge is 0.0325 e. The molecule has 0 aromatic heterocycles. The fraction of sp³-hybridized carbons (Fsp3) is 1.00. The molecule has 0 bridgehead atoms. The van der Waals surface area contributed by atoms with Crippen LogP contribution in [0.4, 0.5) is 0 Å². The van der Waals surface area contributed by atoms with Crippen LogP contribution in [0.1, 0.15) is 12.8 Å². The van der Waals surface area contributed by atoms with E-state index in [0.717, 1.165) is 12.1 Å². The number of likely N-dealkylation sites (N-methyl/N-ethyl adjacent to an activating group) is 1. The van der Waals surface area contributed by atoms with Gasteiger partial charge in [0.25, 0.3) is 0 Å². The summed E-state index contributed by atoms with van der Waals surface area (Å²) in [6.07, 6.45) is 2.69. The molecule has 0 saturated carbocycles. The number of piperidine rings is 1. The van der Waals surface area contributed by atoms with E-state index in [-0.39, 0.29) is 0 Å². The molecule has 2 rings (SSSR count). The molecule has 3 heteroatoms. The molecule has 70 valence electrons. The van der Waals surface area contributed by atoms with Gasteiger partial charge in [-0.25, -0.2) is 0 Å². The zero-order chi connectivity index (χ0) is 8.39. The first-order valence-corrected chi connectivity index (χ1v) is 5.00. The molecular weight excluding hydrogens is 150 g/mol. The van der Waals surface area contributed by atoms with Crippen molar-refractivity contribution < 1.29 is 0 Å². The zero-order valence-corrected chi connectivity index (χ0v) is 7.84. The number of hydrogen-bond donors (Lipinski definition) is 2. The van der Waals surface area contributed by atoms with Crippen LogP contribution in [-0.4, -0.2) is 50.2 Å². The van der Waals surface area contributed by atoms with Crippen LogP contribution in [0.5, 0.6) is 0 Å². The second-order valence-corrected chi connectivity index (χ2v) is 4.13. The van der Waals surface area contributed by atoms with Gasteiger partial charge in [0.2, 0.25) is 0 Å². The molecule has 2 heterocycles. The summed E-state index contributed by atoms with van der Waals surface area (Å²) in [6.45, 7) is 4.84. The summed E-state index contributed by atoms with van der Waals surface area (Å²) in [5.41, 5.74) is 0. The molecule has 2 N–H and O–H groups in total. The molecule has 0 radical (unpaired) electrons. The van der Waals surface area contributed by atoms with Crippen LogP contribution >= 0.6 is 0 Å². The Morgan fingerprint density at radius 3 is 2.75 bits per heavy atom. The average Bonchev–Trinajstić information content (AvgIpc) is 2.04. The third-order valence-electron chi connectivity index (χ3n) is 2.83. The minimum absolute atomic E-state index is 0.734. The van der Waals surface area contributed by atoms with Gasteiger partial charge in [0.05, 0.1) is 0 Å². The summed E-state index contributed by atoms with van der Waals surface area (Å²) in [5.74, 6) is 0. The van der Waals surface area contributed by atoms with Crippen LogP contribution in [0.3, 0.4) is 0 Å². The van der Waals surface area contributed by atoms with Gasteiger partial charge in [-0.15, -0.1) is 0 Å². The van der Waals surface area contributed by atoms with Gasteiger partial charge in [-0.05, 0) is 26.4 Å². The van der Waals surface area contributed by atoms with E-state index in [1.165, 1.54) is 39.0 Å². The summed E-state index contributed by atoms with van der Waals surface area (Å²) in [4.78, 5) is 2.36. The van der Waals surface area contributed by atoms with Crippen molar-refractivity contribution in [2.75, 3.05) is 33.2 Å². The number of likely N-dealkylation sites (tertiary alicyclic amines) is 1. The third-order valence-corrected chi connectivity index (χ3v) is 2.83. The molecule has 0 aromatic rings. The number of rotatable bonds is 2. The van der Waals surface area contributed by atoms with E-state index in [0.29, 0.717) is 0 Å². The fourth-order valence-corrected chi connectivity index (χ4v) is 2.13. The summed E-state index contributed by atoms with van der Waals surface area (Å²) in [5, 5.41) is 7.11. The summed E-state index contributed by atoms with van der Waals surface area (Å²) >= 11 is 0. The SMILES string of the molecule is CN1CC(NC2CCCNC2)C1. The van der Waals surface area contributed by atoms with Crippen LogP contribution < -0.4 is 10.6 Å². The van der Waals surface area contributed by atoms with Gasteiger partial charge in [0, 0.05) is 31.7 Å². The maximum atomic E-state index is 3.68. The second kappa shape index (κ2) is 3.73. The van der Waals surface area contributed by atoms with E-state index >= 15 is 0 Å². The molecule has 0 spiro atoms. The molecule has 12 heavy (non-hydrogen) atoms. The Morgan fingerprint density at radius 2 is 2.17 bits per heavy atom. The molecule has 2 aliphatic rings. The molecule has 0 aliphatic carbocycles. The van der Waals surface area contributed by atoms with Gasteiger partial charge >= 0.3 is 0 Å². The lowest BCUT2D eigenvalue weighted by Crippen LogP contribution is -2.60. The Morgan fingerprint density at radius 1 is 1.33 bits per heavy atom. The zero-order valence-electron chi connectivity index (χ0n) is 7.84. The van der Waals surface area contributed by atoms with Crippen LogP contribution in [0.15, 0.2) is 0 Å². The molecule has 2 saturated heterocycles. The van der Waals surface area contributed by atoms with E-state index in [9.17, 15) is 0 Å². The third kappa shape index (κ3) is 1.97. The van der Waals surface area contributed by atoms with Crippen LogP contribution in [0, 0.1) is 0 Å². The van der Waals surface area contributed by atoms with E-state index in [4.69, 9.17) is 0 Å². The predicted molar refractivity (Wildman–Crippen MR) is 50.3 cm³/mol. The Labute approximate surface area is 74.5 Å². The highest BCUT2D eigenvalue weighted by Crippen LogP contribution is 2.08. The van der Waals surface area contributed by atoms with E-state index < -0.39 is 0 Å². The maximum Gasteiger partial charge on any atom is 0.0325 e. The fourth-order valence-electron chi connectivity index (χ4n) is 2.13. The van der Waals surface area contributed by atoms with Gasteiger partial charge in [-0.3, -0.25) is 0 Å². The Hall–Kier alpha value is -0.120. The molecule has 2 aliphatic heterocycles. The van der Waals surface area contributed by atoms with Crippen molar-refractivity contribution in [2.24, 2.45) is 0 Å². The highest BCUT2D eigenvalue weighted by molar-refractivity contribution is 4.88. The predicted octanol–water partition coefficient (Wildman–Crippen LogP) is -0.358. The molecule has 1 atom stereocenters. The average molecular weight is 169 g/mol. The van der Waals surface area contributed by atoms with Gasteiger partial charge in [0.15, 0.2) is 0 Å². The van der Waals surface area contributed by atoms with Crippen molar-refractivity contribution in [3.8, 4) is 0 Å². The van der Waals surface area contributed by atoms with E-state index in [1.54, 1.807) is 0 Å². The molecular formula is C9H19N3. The lowest BCUT2D eigenvalue weighted by molar-refractivity contribution is 0.145. The Kier molecular flexibility index (Phi) is 2.63. The number of hydrogen-bond acceptors (Lipinski definition) is 3. The van der Waals surface area contributed by atoms with Crippen molar-refractivity contribution >= 4 is 0 Å². The van der Waals surface area contributed by atoms with E-state index in [1.807, 2.05) is 0 Å². The molecule has 1 unspecified atom stereocenters. The maximum absolute atomic E-state index is 3.68. The highest BCUT2D eigenvalue weighted by atomic mass is 15.2. The van der Waals surface area contributed by atoms with Gasteiger partial charge in [0.1, 0.15) is 0 Å². The van der Waals surface area contributed by atoms with Crippen LogP contribution in [0.25, 0.3) is 0 Å². The van der Waals surface area contributed by atoms with Gasteiger partial charge < -0.3 is 15.5 Å². The first-order valence-electron chi connectivity index (χ1n) is 5.00. The number of nitrogens with one attached hydrogen (secondary N) is 2. The minimum Gasteiger partial charge on any atom is -0.315 e. The summed E-state index contributed by atoms with van der Waals surface area (Å²) in [6, 6.07) is 1.50. The summed E-state index contributed by atoms with van der Waals surface area (Å²) in [7, 11) is 2.18. The second-order valence-electron chi connectivity index (χ2n) is 4.13. The van der Waals surface area contributed by atoms with Gasteiger partial charge in [-0.2, -0.15) is 0 Å². The monoisotopic (exact) mass is 169 g/mol. The van der Waals surface area contributed by atoms with Gasteiger partial charge in [-0.1, -0.05) is 0 Å². The Bertz CT molecular complexity index is 137. The molecule has 0 amide bonds. The molecule has 3 nitrogen and oxygen atoms in total. The van der Waals surface area contributed by atoms with Crippen molar-refractivity contribution in [1.82, 2.24) is 15.5 Å². The standard InChI is InChI=1S/C9H19N3/c1-12-6-9(7-12)11-8-3-2-4-10-5-8/h8-11H,2-7H2,1H3. The molecule has 0 aromatic carbocycles. The highest BCUT2D eigenvalue weighted by Gasteiger charge is 2.25. The number of nitrogens with zero attached hydrogens (tertiary/aromatic N) is 1. The van der Waals surface area contributed by atoms with E-state index in [2.05, 4.69) is 22.6 Å². The van der Waals surface area contributed by atoms with Crippen LogP contribution in [0.2, 0.25) is 0 Å². The normalized spacial score (nSPS) is 33.2. The molecule has 2 fully saturated rings. The topological polar surface area (TPSA) is 27.3 Å². The van der Waals surface area contributed by atoms with Crippen molar-refractivity contribution in [3.63, 3.8) is 0 Å². The van der Waals surface area contributed by atoms with Crippen molar-refractivity contribution in [3.05, 3.63) is 0 Å². The van der Waals surface area contributed by atoms with Crippen molar-refractivity contribution in [2.45, 2.75) is 24.9 Å². The first-order chi connectivity index (χ1) is 5.84. The minimum atomic E-state index is 0.734. The summed E-state index contributed by atoms with van der Waals surface area (Å²) < 4.78 is 0. The Balaban J connectivity index is 1.65. The quantitative estimate of drug-likeness (QED) is 0.591.